The molecule has 4 nitrogen and oxygen atoms in total. The minimum absolute atomic E-state index is 0.0157. The van der Waals surface area contributed by atoms with Gasteiger partial charge in [0.25, 0.3) is 5.91 Å². The van der Waals surface area contributed by atoms with Gasteiger partial charge >= 0.3 is 0 Å². The number of fused-ring (bicyclic) bond motifs is 1. The monoisotopic (exact) mass is 404 g/mol. The molecule has 1 fully saturated rings. The second-order valence-electron chi connectivity index (χ2n) is 5.94. The van der Waals surface area contributed by atoms with Crippen molar-refractivity contribution in [3.05, 3.63) is 56.9 Å². The van der Waals surface area contributed by atoms with E-state index in [0.717, 1.165) is 48.2 Å². The first-order valence-corrected chi connectivity index (χ1v) is 9.59. The van der Waals surface area contributed by atoms with Gasteiger partial charge < -0.3 is 9.32 Å². The molecule has 0 aliphatic carbocycles. The molecule has 1 aromatic carbocycles. The molecule has 4 rings (SSSR count). The van der Waals surface area contributed by atoms with Crippen LogP contribution in [0.1, 0.15) is 15.4 Å². The van der Waals surface area contributed by atoms with Gasteiger partial charge in [-0.2, -0.15) is 0 Å². The number of piperazine rings is 1. The van der Waals surface area contributed by atoms with E-state index in [4.69, 9.17) is 4.42 Å². The van der Waals surface area contributed by atoms with Crippen LogP contribution in [-0.4, -0.2) is 41.9 Å². The molecule has 6 heteroatoms. The number of thiophene rings is 1. The summed E-state index contributed by atoms with van der Waals surface area (Å²) in [7, 11) is 0. The average Bonchev–Trinajstić information content (AvgIpc) is 3.24. The van der Waals surface area contributed by atoms with Crippen LogP contribution < -0.4 is 0 Å². The number of hydrogen-bond acceptors (Lipinski definition) is 4. The van der Waals surface area contributed by atoms with Gasteiger partial charge in [-0.1, -0.05) is 22.0 Å². The normalized spacial score (nSPS) is 16.0. The molecule has 0 unspecified atom stereocenters. The number of benzene rings is 1. The van der Waals surface area contributed by atoms with Crippen molar-refractivity contribution >= 4 is 44.1 Å². The maximum atomic E-state index is 12.7. The van der Waals surface area contributed by atoms with E-state index in [1.54, 1.807) is 11.3 Å². The lowest BCUT2D eigenvalue weighted by molar-refractivity contribution is 0.0601. The topological polar surface area (TPSA) is 36.7 Å². The lowest BCUT2D eigenvalue weighted by Crippen LogP contribution is -2.48. The first-order chi connectivity index (χ1) is 11.7. The van der Waals surface area contributed by atoms with Crippen molar-refractivity contribution in [1.29, 1.82) is 0 Å². The van der Waals surface area contributed by atoms with Crippen molar-refractivity contribution in [2.45, 2.75) is 6.54 Å². The fourth-order valence-corrected chi connectivity index (χ4v) is 4.13. The zero-order valence-corrected chi connectivity index (χ0v) is 15.5. The van der Waals surface area contributed by atoms with Crippen LogP contribution in [0.2, 0.25) is 0 Å². The van der Waals surface area contributed by atoms with Crippen molar-refractivity contribution in [2.75, 3.05) is 26.2 Å². The maximum absolute atomic E-state index is 12.7. The Hall–Kier alpha value is -1.63. The molecule has 0 N–H and O–H groups in total. The minimum atomic E-state index is -0.0157. The van der Waals surface area contributed by atoms with Crippen LogP contribution in [0.25, 0.3) is 11.0 Å². The number of carbonyl (C=O) groups is 1. The molecule has 3 heterocycles. The van der Waals surface area contributed by atoms with Crippen molar-refractivity contribution in [3.8, 4) is 0 Å². The molecule has 1 saturated heterocycles. The standard InChI is InChI=1S/C18H17BrN2O2S/c19-14-3-4-16-13(10-14)11-17(23-16)18(22)21-7-5-20(6-8-21)12-15-2-1-9-24-15/h1-4,9-11H,5-8,12H2. The molecule has 1 aliphatic rings. The molecule has 0 spiro atoms. The number of halogens is 1. The molecule has 0 radical (unpaired) electrons. The largest absolute Gasteiger partial charge is 0.451 e. The fourth-order valence-electron chi connectivity index (χ4n) is 3.01. The van der Waals surface area contributed by atoms with Crippen LogP contribution >= 0.6 is 27.3 Å². The summed E-state index contributed by atoms with van der Waals surface area (Å²) in [5.41, 5.74) is 0.748. The first kappa shape index (κ1) is 15.9. The lowest BCUT2D eigenvalue weighted by atomic mass is 10.2. The van der Waals surface area contributed by atoms with Gasteiger partial charge in [-0.05, 0) is 35.7 Å². The number of nitrogens with zero attached hydrogens (tertiary/aromatic N) is 2. The summed E-state index contributed by atoms with van der Waals surface area (Å²) in [5.74, 6) is 0.410. The van der Waals surface area contributed by atoms with E-state index in [1.165, 1.54) is 4.88 Å². The predicted octanol–water partition coefficient (Wildman–Crippen LogP) is 4.21. The summed E-state index contributed by atoms with van der Waals surface area (Å²) < 4.78 is 6.71. The summed E-state index contributed by atoms with van der Waals surface area (Å²) >= 11 is 5.23. The maximum Gasteiger partial charge on any atom is 0.289 e. The summed E-state index contributed by atoms with van der Waals surface area (Å²) in [4.78, 5) is 18.3. The number of carbonyl (C=O) groups excluding carboxylic acids is 1. The second kappa shape index (κ2) is 6.70. The Labute approximate surface area is 152 Å². The number of furan rings is 1. The van der Waals surface area contributed by atoms with E-state index in [-0.39, 0.29) is 5.91 Å². The van der Waals surface area contributed by atoms with Crippen LogP contribution in [-0.2, 0) is 6.54 Å². The van der Waals surface area contributed by atoms with Gasteiger partial charge in [0.05, 0.1) is 0 Å². The van der Waals surface area contributed by atoms with Crippen LogP contribution in [0.3, 0.4) is 0 Å². The van der Waals surface area contributed by atoms with E-state index in [0.29, 0.717) is 5.76 Å². The van der Waals surface area contributed by atoms with Crippen molar-refractivity contribution in [3.63, 3.8) is 0 Å². The average molecular weight is 405 g/mol. The Kier molecular flexibility index (Phi) is 4.43. The Balaban J connectivity index is 1.41. The number of rotatable bonds is 3. The Morgan fingerprint density at radius 3 is 2.75 bits per heavy atom. The molecule has 124 valence electrons. The van der Waals surface area contributed by atoms with Gasteiger partial charge in [-0.3, -0.25) is 9.69 Å². The highest BCUT2D eigenvalue weighted by atomic mass is 79.9. The highest BCUT2D eigenvalue weighted by molar-refractivity contribution is 9.10. The van der Waals surface area contributed by atoms with Crippen LogP contribution in [0.4, 0.5) is 0 Å². The SMILES string of the molecule is O=C(c1cc2cc(Br)ccc2o1)N1CCN(Cc2cccs2)CC1. The van der Waals surface area contributed by atoms with Gasteiger partial charge in [0.1, 0.15) is 5.58 Å². The second-order valence-corrected chi connectivity index (χ2v) is 7.89. The Bertz CT molecular complexity index is 851. The van der Waals surface area contributed by atoms with Crippen molar-refractivity contribution in [2.24, 2.45) is 0 Å². The smallest absolute Gasteiger partial charge is 0.289 e. The van der Waals surface area contributed by atoms with Gasteiger partial charge in [0.2, 0.25) is 0 Å². The molecule has 1 aliphatic heterocycles. The van der Waals surface area contributed by atoms with E-state index in [1.807, 2.05) is 29.2 Å². The van der Waals surface area contributed by atoms with Gasteiger partial charge in [-0.15, -0.1) is 11.3 Å². The van der Waals surface area contributed by atoms with E-state index in [2.05, 4.69) is 38.3 Å². The van der Waals surface area contributed by atoms with Gasteiger partial charge in [0, 0.05) is 47.5 Å². The first-order valence-electron chi connectivity index (χ1n) is 7.92. The summed E-state index contributed by atoms with van der Waals surface area (Å²) in [6, 6.07) is 11.8. The third kappa shape index (κ3) is 3.27. The zero-order chi connectivity index (χ0) is 16.5. The Morgan fingerprint density at radius 2 is 2.00 bits per heavy atom. The molecule has 2 aromatic heterocycles. The van der Waals surface area contributed by atoms with Crippen LogP contribution in [0, 0.1) is 0 Å². The van der Waals surface area contributed by atoms with Gasteiger partial charge in [0.15, 0.2) is 5.76 Å². The highest BCUT2D eigenvalue weighted by Gasteiger charge is 2.24. The molecule has 0 saturated carbocycles. The predicted molar refractivity (Wildman–Crippen MR) is 99.4 cm³/mol. The quantitative estimate of drug-likeness (QED) is 0.655. The third-order valence-corrected chi connectivity index (χ3v) is 5.66. The molecular formula is C18H17BrN2O2S. The van der Waals surface area contributed by atoms with Crippen LogP contribution in [0.5, 0.6) is 0 Å². The molecule has 0 atom stereocenters. The molecule has 3 aromatic rings. The summed E-state index contributed by atoms with van der Waals surface area (Å²) in [5, 5.41) is 3.05. The molecular weight excluding hydrogens is 388 g/mol. The molecule has 0 bridgehead atoms. The number of amides is 1. The van der Waals surface area contributed by atoms with E-state index < -0.39 is 0 Å². The third-order valence-electron chi connectivity index (χ3n) is 4.31. The fraction of sp³-hybridized carbons (Fsp3) is 0.278. The minimum Gasteiger partial charge on any atom is -0.451 e. The van der Waals surface area contributed by atoms with E-state index >= 15 is 0 Å². The van der Waals surface area contributed by atoms with Gasteiger partial charge in [-0.25, -0.2) is 0 Å². The Morgan fingerprint density at radius 1 is 1.17 bits per heavy atom. The zero-order valence-electron chi connectivity index (χ0n) is 13.1. The van der Waals surface area contributed by atoms with Crippen molar-refractivity contribution < 1.29 is 9.21 Å². The van der Waals surface area contributed by atoms with Crippen molar-refractivity contribution in [1.82, 2.24) is 9.80 Å². The van der Waals surface area contributed by atoms with Crippen LogP contribution in [0.15, 0.2) is 50.7 Å². The highest BCUT2D eigenvalue weighted by Crippen LogP contribution is 2.24. The van der Waals surface area contributed by atoms with E-state index in [9.17, 15) is 4.79 Å². The lowest BCUT2D eigenvalue weighted by Gasteiger charge is -2.34. The summed E-state index contributed by atoms with van der Waals surface area (Å²) in [6.07, 6.45) is 0. The molecule has 24 heavy (non-hydrogen) atoms. The summed E-state index contributed by atoms with van der Waals surface area (Å²) in [6.45, 7) is 4.25. The number of hydrogen-bond donors (Lipinski definition) is 0. The molecule has 1 amide bonds.